The van der Waals surface area contributed by atoms with Crippen molar-refractivity contribution in [2.24, 2.45) is 0 Å². The van der Waals surface area contributed by atoms with Crippen LogP contribution in [-0.2, 0) is 0 Å². The van der Waals surface area contributed by atoms with Crippen LogP contribution in [0, 0.1) is 0 Å². The van der Waals surface area contributed by atoms with E-state index in [4.69, 9.17) is 0 Å². The Labute approximate surface area is 89.1 Å². The van der Waals surface area contributed by atoms with E-state index < -0.39 is 0 Å². The second-order valence-electron chi connectivity index (χ2n) is 4.64. The van der Waals surface area contributed by atoms with Gasteiger partial charge in [-0.1, -0.05) is 13.8 Å². The van der Waals surface area contributed by atoms with E-state index in [1.165, 1.54) is 25.8 Å². The molecule has 3 atom stereocenters. The molecule has 1 N–H and O–H groups in total. The van der Waals surface area contributed by atoms with Gasteiger partial charge in [0, 0.05) is 24.7 Å². The van der Waals surface area contributed by atoms with Gasteiger partial charge < -0.3 is 5.32 Å². The van der Waals surface area contributed by atoms with Crippen LogP contribution in [-0.4, -0.2) is 36.1 Å². The molecule has 3 unspecified atom stereocenters. The molecule has 2 nitrogen and oxygen atoms in total. The number of hydrogen-bond donors (Lipinski definition) is 1. The molecule has 1 heterocycles. The van der Waals surface area contributed by atoms with Crippen molar-refractivity contribution in [3.05, 3.63) is 0 Å². The molecule has 14 heavy (non-hydrogen) atoms. The highest BCUT2D eigenvalue weighted by molar-refractivity contribution is 4.86. The van der Waals surface area contributed by atoms with Gasteiger partial charge in [-0.3, -0.25) is 4.90 Å². The zero-order valence-corrected chi connectivity index (χ0v) is 10.2. The molecule has 2 heteroatoms. The van der Waals surface area contributed by atoms with Crippen LogP contribution >= 0.6 is 0 Å². The zero-order valence-electron chi connectivity index (χ0n) is 10.2. The Morgan fingerprint density at radius 1 is 1.36 bits per heavy atom. The standard InChI is InChI=1S/C12H26N2/c1-5-12-8-7-11(4)14(12)9-10(3)13-6-2/h10-13H,5-9H2,1-4H3. The number of rotatable bonds is 5. The van der Waals surface area contributed by atoms with Crippen molar-refractivity contribution in [1.82, 2.24) is 10.2 Å². The molecule has 0 aromatic rings. The lowest BCUT2D eigenvalue weighted by molar-refractivity contribution is 0.181. The predicted octanol–water partition coefficient (Wildman–Crippen LogP) is 2.25. The maximum Gasteiger partial charge on any atom is 0.0166 e. The fourth-order valence-corrected chi connectivity index (χ4v) is 2.62. The van der Waals surface area contributed by atoms with E-state index in [9.17, 15) is 0 Å². The molecule has 1 aliphatic heterocycles. The fraction of sp³-hybridized carbons (Fsp3) is 1.00. The summed E-state index contributed by atoms with van der Waals surface area (Å²) in [5, 5.41) is 3.50. The summed E-state index contributed by atoms with van der Waals surface area (Å²) in [5.74, 6) is 0. The summed E-state index contributed by atoms with van der Waals surface area (Å²) in [6.07, 6.45) is 4.09. The molecule has 0 aliphatic carbocycles. The Hall–Kier alpha value is -0.0800. The Morgan fingerprint density at radius 2 is 2.07 bits per heavy atom. The maximum atomic E-state index is 3.50. The first-order chi connectivity index (χ1) is 6.69. The summed E-state index contributed by atoms with van der Waals surface area (Å²) >= 11 is 0. The SMILES string of the molecule is CCNC(C)CN1C(C)CCC1CC. The summed E-state index contributed by atoms with van der Waals surface area (Å²) in [7, 11) is 0. The Kier molecular flexibility index (Phi) is 4.90. The van der Waals surface area contributed by atoms with Crippen LogP contribution in [0.2, 0.25) is 0 Å². The van der Waals surface area contributed by atoms with Crippen LogP contribution in [0.5, 0.6) is 0 Å². The van der Waals surface area contributed by atoms with E-state index >= 15 is 0 Å². The van der Waals surface area contributed by atoms with Crippen molar-refractivity contribution >= 4 is 0 Å². The second kappa shape index (κ2) is 5.72. The van der Waals surface area contributed by atoms with Gasteiger partial charge in [0.1, 0.15) is 0 Å². The molecule has 0 spiro atoms. The molecular weight excluding hydrogens is 172 g/mol. The van der Waals surface area contributed by atoms with Gasteiger partial charge in [-0.2, -0.15) is 0 Å². The van der Waals surface area contributed by atoms with Gasteiger partial charge in [0.05, 0.1) is 0 Å². The highest BCUT2D eigenvalue weighted by atomic mass is 15.2. The Balaban J connectivity index is 2.40. The third-order valence-electron chi connectivity index (χ3n) is 3.46. The van der Waals surface area contributed by atoms with Crippen molar-refractivity contribution in [2.75, 3.05) is 13.1 Å². The predicted molar refractivity (Wildman–Crippen MR) is 62.6 cm³/mol. The lowest BCUT2D eigenvalue weighted by atomic mass is 10.1. The van der Waals surface area contributed by atoms with Crippen LogP contribution in [0.25, 0.3) is 0 Å². The normalized spacial score (nSPS) is 30.9. The van der Waals surface area contributed by atoms with Crippen molar-refractivity contribution < 1.29 is 0 Å². The Bertz CT molecular complexity index is 158. The summed E-state index contributed by atoms with van der Waals surface area (Å²) in [6, 6.07) is 2.27. The second-order valence-corrected chi connectivity index (χ2v) is 4.64. The van der Waals surface area contributed by atoms with Crippen LogP contribution in [0.3, 0.4) is 0 Å². The van der Waals surface area contributed by atoms with E-state index in [-0.39, 0.29) is 0 Å². The van der Waals surface area contributed by atoms with Crippen LogP contribution < -0.4 is 5.32 Å². The highest BCUT2D eigenvalue weighted by Gasteiger charge is 2.29. The van der Waals surface area contributed by atoms with Crippen molar-refractivity contribution in [3.63, 3.8) is 0 Å². The monoisotopic (exact) mass is 198 g/mol. The fourth-order valence-electron chi connectivity index (χ4n) is 2.62. The summed E-state index contributed by atoms with van der Waals surface area (Å²) in [6.45, 7) is 11.5. The third kappa shape index (κ3) is 2.96. The molecule has 1 fully saturated rings. The topological polar surface area (TPSA) is 15.3 Å². The molecule has 0 bridgehead atoms. The lowest BCUT2D eigenvalue weighted by Crippen LogP contribution is -2.44. The molecule has 0 amide bonds. The molecule has 0 aromatic carbocycles. The van der Waals surface area contributed by atoms with Gasteiger partial charge in [0.2, 0.25) is 0 Å². The van der Waals surface area contributed by atoms with Gasteiger partial charge >= 0.3 is 0 Å². The van der Waals surface area contributed by atoms with Crippen molar-refractivity contribution in [1.29, 1.82) is 0 Å². The first-order valence-electron chi connectivity index (χ1n) is 6.18. The molecule has 0 radical (unpaired) electrons. The molecule has 0 saturated carbocycles. The average Bonchev–Trinajstić information content (AvgIpc) is 2.48. The van der Waals surface area contributed by atoms with E-state index in [1.807, 2.05) is 0 Å². The van der Waals surface area contributed by atoms with Gasteiger partial charge in [0.25, 0.3) is 0 Å². The summed E-state index contributed by atoms with van der Waals surface area (Å²) < 4.78 is 0. The smallest absolute Gasteiger partial charge is 0.0166 e. The largest absolute Gasteiger partial charge is 0.313 e. The van der Waals surface area contributed by atoms with Gasteiger partial charge in [-0.05, 0) is 39.7 Å². The number of likely N-dealkylation sites (N-methyl/N-ethyl adjacent to an activating group) is 1. The van der Waals surface area contributed by atoms with E-state index in [0.29, 0.717) is 6.04 Å². The van der Waals surface area contributed by atoms with Crippen LogP contribution in [0.1, 0.15) is 47.0 Å². The molecule has 1 saturated heterocycles. The van der Waals surface area contributed by atoms with Gasteiger partial charge in [-0.25, -0.2) is 0 Å². The number of nitrogens with one attached hydrogen (secondary N) is 1. The number of hydrogen-bond acceptors (Lipinski definition) is 2. The minimum absolute atomic E-state index is 0.634. The number of nitrogens with zero attached hydrogens (tertiary/aromatic N) is 1. The minimum atomic E-state index is 0.634. The lowest BCUT2D eigenvalue weighted by Gasteiger charge is -2.30. The van der Waals surface area contributed by atoms with Crippen LogP contribution in [0.15, 0.2) is 0 Å². The first kappa shape index (κ1) is 12.0. The van der Waals surface area contributed by atoms with E-state index in [2.05, 4.69) is 37.9 Å². The molecule has 0 aromatic heterocycles. The van der Waals surface area contributed by atoms with Crippen molar-refractivity contribution in [3.8, 4) is 0 Å². The third-order valence-corrected chi connectivity index (χ3v) is 3.46. The summed E-state index contributed by atoms with van der Waals surface area (Å²) in [4.78, 5) is 2.69. The maximum absolute atomic E-state index is 3.50. The Morgan fingerprint density at radius 3 is 2.64 bits per heavy atom. The average molecular weight is 198 g/mol. The molecule has 1 aliphatic rings. The van der Waals surface area contributed by atoms with Crippen LogP contribution in [0.4, 0.5) is 0 Å². The van der Waals surface area contributed by atoms with E-state index in [1.54, 1.807) is 0 Å². The molecule has 84 valence electrons. The summed E-state index contributed by atoms with van der Waals surface area (Å²) in [5.41, 5.74) is 0. The zero-order chi connectivity index (χ0) is 10.6. The highest BCUT2D eigenvalue weighted by Crippen LogP contribution is 2.25. The minimum Gasteiger partial charge on any atom is -0.313 e. The van der Waals surface area contributed by atoms with Gasteiger partial charge in [0.15, 0.2) is 0 Å². The number of likely N-dealkylation sites (tertiary alicyclic amines) is 1. The first-order valence-corrected chi connectivity index (χ1v) is 6.18. The molecule has 1 rings (SSSR count). The van der Waals surface area contributed by atoms with E-state index in [0.717, 1.165) is 18.6 Å². The molecular formula is C12H26N2. The quantitative estimate of drug-likeness (QED) is 0.729. The van der Waals surface area contributed by atoms with Gasteiger partial charge in [-0.15, -0.1) is 0 Å². The van der Waals surface area contributed by atoms with Crippen molar-refractivity contribution in [2.45, 2.75) is 65.1 Å².